The van der Waals surface area contributed by atoms with Crippen LogP contribution in [0.15, 0.2) is 24.9 Å². The molecule has 1 aliphatic heterocycles. The average molecular weight is 268 g/mol. The minimum atomic E-state index is -0.865. The molecule has 108 valence electrons. The molecule has 5 heteroatoms. The zero-order valence-corrected chi connectivity index (χ0v) is 12.1. The molecular weight excluding hydrogens is 244 g/mol. The highest BCUT2D eigenvalue weighted by Gasteiger charge is 2.20. The van der Waals surface area contributed by atoms with Crippen LogP contribution >= 0.6 is 0 Å². The van der Waals surface area contributed by atoms with Gasteiger partial charge in [-0.25, -0.2) is 4.79 Å². The molecule has 0 radical (unpaired) electrons. The number of nitrogens with two attached hydrogens (primary N) is 1. The largest absolute Gasteiger partial charge is 0.441 e. The molecule has 0 aromatic rings. The lowest BCUT2D eigenvalue weighted by Gasteiger charge is -2.22. The molecule has 0 aromatic carbocycles. The van der Waals surface area contributed by atoms with E-state index in [1.165, 1.54) is 0 Å². The summed E-state index contributed by atoms with van der Waals surface area (Å²) in [5.41, 5.74) is 5.08. The van der Waals surface area contributed by atoms with Crippen molar-refractivity contribution in [1.82, 2.24) is 4.90 Å². The molecular formula is C14H24N2O3. The highest BCUT2D eigenvalue weighted by atomic mass is 16.6. The first-order valence-corrected chi connectivity index (χ1v) is 6.33. The molecule has 1 amide bonds. The Balaban J connectivity index is 0.000000356. The lowest BCUT2D eigenvalue weighted by Crippen LogP contribution is -2.40. The van der Waals surface area contributed by atoms with Gasteiger partial charge in [0.1, 0.15) is 0 Å². The number of amides is 1. The number of likely N-dealkylation sites (tertiary alicyclic amines) is 1. The Morgan fingerprint density at radius 2 is 2.21 bits per heavy atom. The molecule has 1 aliphatic rings. The summed E-state index contributed by atoms with van der Waals surface area (Å²) in [7, 11) is 0. The molecule has 0 saturated carbocycles. The summed E-state index contributed by atoms with van der Waals surface area (Å²) in [6.45, 7) is 12.9. The van der Waals surface area contributed by atoms with Gasteiger partial charge >= 0.3 is 5.97 Å². The molecule has 2 N–H and O–H groups in total. The van der Waals surface area contributed by atoms with Gasteiger partial charge in [0.2, 0.25) is 5.91 Å². The van der Waals surface area contributed by atoms with Gasteiger partial charge in [-0.1, -0.05) is 20.1 Å². The molecule has 1 fully saturated rings. The van der Waals surface area contributed by atoms with Gasteiger partial charge in [0.05, 0.1) is 0 Å². The van der Waals surface area contributed by atoms with Crippen LogP contribution in [0.1, 0.15) is 40.0 Å². The van der Waals surface area contributed by atoms with Crippen LogP contribution in [0, 0.1) is 0 Å². The Bertz CT molecular complexity index is 362. The van der Waals surface area contributed by atoms with Crippen LogP contribution in [0.3, 0.4) is 0 Å². The van der Waals surface area contributed by atoms with Crippen molar-refractivity contribution in [1.29, 1.82) is 0 Å². The predicted octanol–water partition coefficient (Wildman–Crippen LogP) is 1.94. The highest BCUT2D eigenvalue weighted by molar-refractivity contribution is 5.87. The van der Waals surface area contributed by atoms with Gasteiger partial charge in [0.25, 0.3) is 0 Å². The van der Waals surface area contributed by atoms with E-state index in [2.05, 4.69) is 13.2 Å². The van der Waals surface area contributed by atoms with Gasteiger partial charge in [0.15, 0.2) is 5.72 Å². The van der Waals surface area contributed by atoms with Crippen molar-refractivity contribution in [2.45, 2.75) is 45.8 Å². The Morgan fingerprint density at radius 1 is 1.63 bits per heavy atom. The first-order chi connectivity index (χ1) is 8.73. The van der Waals surface area contributed by atoms with Crippen molar-refractivity contribution < 1.29 is 14.3 Å². The molecule has 1 atom stereocenters. The third-order valence-electron chi connectivity index (χ3n) is 2.71. The first kappa shape index (κ1) is 17.4. The summed E-state index contributed by atoms with van der Waals surface area (Å²) in [5.74, 6) is -0.225. The summed E-state index contributed by atoms with van der Waals surface area (Å²) in [5, 5.41) is 0. The normalized spacial score (nSPS) is 17.1. The van der Waals surface area contributed by atoms with Crippen LogP contribution in [-0.2, 0) is 14.3 Å². The van der Waals surface area contributed by atoms with E-state index in [0.717, 1.165) is 13.0 Å². The summed E-state index contributed by atoms with van der Waals surface area (Å²) < 4.78 is 4.89. The van der Waals surface area contributed by atoms with Crippen LogP contribution < -0.4 is 5.73 Å². The van der Waals surface area contributed by atoms with Gasteiger partial charge in [-0.3, -0.25) is 10.5 Å². The molecule has 1 saturated heterocycles. The molecule has 0 aliphatic carbocycles. The van der Waals surface area contributed by atoms with E-state index in [9.17, 15) is 9.59 Å². The molecule has 1 heterocycles. The Hall–Kier alpha value is -1.62. The minimum absolute atomic E-state index is 0.208. The molecule has 0 spiro atoms. The maximum atomic E-state index is 10.9. The van der Waals surface area contributed by atoms with Gasteiger partial charge in [-0.2, -0.15) is 0 Å². The van der Waals surface area contributed by atoms with Crippen LogP contribution in [0.25, 0.3) is 0 Å². The second kappa shape index (κ2) is 7.74. The number of ether oxygens (including phenoxy) is 1. The van der Waals surface area contributed by atoms with E-state index in [0.29, 0.717) is 18.4 Å². The summed E-state index contributed by atoms with van der Waals surface area (Å²) in [6.07, 6.45) is 3.87. The summed E-state index contributed by atoms with van der Waals surface area (Å²) >= 11 is 0. The second-order valence-corrected chi connectivity index (χ2v) is 4.71. The molecule has 19 heavy (non-hydrogen) atoms. The van der Waals surface area contributed by atoms with Gasteiger partial charge in [-0.05, 0) is 32.9 Å². The van der Waals surface area contributed by atoms with Crippen LogP contribution in [0.4, 0.5) is 0 Å². The third kappa shape index (κ3) is 6.76. The van der Waals surface area contributed by atoms with E-state index in [4.69, 9.17) is 10.5 Å². The Morgan fingerprint density at radius 3 is 2.47 bits per heavy atom. The van der Waals surface area contributed by atoms with Crippen molar-refractivity contribution in [3.8, 4) is 0 Å². The Kier molecular flexibility index (Phi) is 7.08. The van der Waals surface area contributed by atoms with Crippen molar-refractivity contribution in [3.05, 3.63) is 24.9 Å². The minimum Gasteiger partial charge on any atom is -0.441 e. The third-order valence-corrected chi connectivity index (χ3v) is 2.71. The first-order valence-electron chi connectivity index (χ1n) is 6.33. The van der Waals surface area contributed by atoms with Crippen molar-refractivity contribution in [2.24, 2.45) is 5.73 Å². The number of nitrogens with zero attached hydrogens (tertiary/aromatic N) is 1. The topological polar surface area (TPSA) is 72.6 Å². The molecule has 1 rings (SSSR count). The zero-order valence-electron chi connectivity index (χ0n) is 12.1. The van der Waals surface area contributed by atoms with Crippen LogP contribution in [-0.4, -0.2) is 29.0 Å². The summed E-state index contributed by atoms with van der Waals surface area (Å²) in [4.78, 5) is 23.2. The molecule has 0 aromatic heterocycles. The molecule has 1 unspecified atom stereocenters. The van der Waals surface area contributed by atoms with Crippen LogP contribution in [0.2, 0.25) is 0 Å². The fourth-order valence-corrected chi connectivity index (χ4v) is 1.23. The lowest BCUT2D eigenvalue weighted by atomic mass is 10.2. The van der Waals surface area contributed by atoms with Crippen molar-refractivity contribution >= 4 is 11.9 Å². The monoisotopic (exact) mass is 268 g/mol. The van der Waals surface area contributed by atoms with Crippen molar-refractivity contribution in [2.75, 3.05) is 6.54 Å². The summed E-state index contributed by atoms with van der Waals surface area (Å²) in [6, 6.07) is 0. The number of rotatable bonds is 4. The van der Waals surface area contributed by atoms with Crippen molar-refractivity contribution in [3.63, 3.8) is 0 Å². The zero-order chi connectivity index (χ0) is 15.1. The van der Waals surface area contributed by atoms with E-state index < -0.39 is 11.7 Å². The SMILES string of the molecule is C=C(C)C(=O)OC(C)(N)CC.C=CN1CCCC1=O. The van der Waals surface area contributed by atoms with Gasteiger partial charge in [-0.15, -0.1) is 0 Å². The smallest absolute Gasteiger partial charge is 0.334 e. The standard InChI is InChI=1S/C8H15NO2.C6H9NO/c1-5-8(4,9)11-7(10)6(2)3;1-2-7-5-3-4-6(7)8/h2,5,9H2,1,3-4H3;2H,1,3-5H2. The van der Waals surface area contributed by atoms with E-state index in [-0.39, 0.29) is 5.91 Å². The fourth-order valence-electron chi connectivity index (χ4n) is 1.23. The lowest BCUT2D eigenvalue weighted by molar-refractivity contribution is -0.152. The number of carbonyl (C=O) groups is 2. The fraction of sp³-hybridized carbons (Fsp3) is 0.571. The van der Waals surface area contributed by atoms with Gasteiger partial charge in [0, 0.05) is 18.5 Å². The molecule has 0 bridgehead atoms. The second-order valence-electron chi connectivity index (χ2n) is 4.71. The number of esters is 1. The maximum Gasteiger partial charge on any atom is 0.334 e. The average Bonchev–Trinajstić information content (AvgIpc) is 2.75. The quantitative estimate of drug-likeness (QED) is 0.480. The van der Waals surface area contributed by atoms with E-state index in [1.54, 1.807) is 24.9 Å². The maximum absolute atomic E-state index is 10.9. The van der Waals surface area contributed by atoms with E-state index in [1.807, 2.05) is 6.92 Å². The molecule has 5 nitrogen and oxygen atoms in total. The highest BCUT2D eigenvalue weighted by Crippen LogP contribution is 2.09. The number of hydrogen-bond acceptors (Lipinski definition) is 4. The van der Waals surface area contributed by atoms with Crippen LogP contribution in [0.5, 0.6) is 0 Å². The predicted molar refractivity (Wildman–Crippen MR) is 74.9 cm³/mol. The van der Waals surface area contributed by atoms with E-state index >= 15 is 0 Å². The number of carbonyl (C=O) groups excluding carboxylic acids is 2. The Labute approximate surface area is 115 Å². The number of hydrogen-bond donors (Lipinski definition) is 1. The van der Waals surface area contributed by atoms with Gasteiger partial charge < -0.3 is 9.64 Å².